The van der Waals surface area contributed by atoms with Crippen molar-refractivity contribution in [1.82, 2.24) is 5.32 Å². The van der Waals surface area contributed by atoms with Gasteiger partial charge in [0, 0.05) is 18.0 Å². The molecule has 0 bridgehead atoms. The lowest BCUT2D eigenvalue weighted by Crippen LogP contribution is -2.32. The van der Waals surface area contributed by atoms with Crippen LogP contribution in [0.4, 0.5) is 0 Å². The second kappa shape index (κ2) is 6.38. The normalized spacial score (nSPS) is 12.6. The summed E-state index contributed by atoms with van der Waals surface area (Å²) in [6.07, 6.45) is 0. The summed E-state index contributed by atoms with van der Waals surface area (Å²) in [6, 6.07) is 14.4. The summed E-state index contributed by atoms with van der Waals surface area (Å²) in [5.74, 6) is 0.909. The molecular formula is C15H19NO2. The van der Waals surface area contributed by atoms with Gasteiger partial charge in [0.1, 0.15) is 12.4 Å². The number of nitrogens with one attached hydrogen (secondary N) is 1. The van der Waals surface area contributed by atoms with Crippen molar-refractivity contribution in [2.24, 2.45) is 0 Å². The molecule has 2 N–H and O–H groups in total. The van der Waals surface area contributed by atoms with E-state index in [1.807, 2.05) is 31.2 Å². The van der Waals surface area contributed by atoms with Crippen molar-refractivity contribution in [3.8, 4) is 5.75 Å². The van der Waals surface area contributed by atoms with E-state index in [2.05, 4.69) is 23.5 Å². The third-order valence-corrected chi connectivity index (χ3v) is 2.88. The van der Waals surface area contributed by atoms with Gasteiger partial charge in [-0.2, -0.15) is 0 Å². The maximum atomic E-state index is 8.89. The van der Waals surface area contributed by atoms with E-state index in [9.17, 15) is 0 Å². The lowest BCUT2D eigenvalue weighted by molar-refractivity contribution is 0.239. The van der Waals surface area contributed by atoms with Crippen molar-refractivity contribution in [3.05, 3.63) is 42.5 Å². The lowest BCUT2D eigenvalue weighted by Gasteiger charge is -2.12. The van der Waals surface area contributed by atoms with Crippen molar-refractivity contribution < 1.29 is 9.84 Å². The largest absolute Gasteiger partial charge is 0.492 e. The van der Waals surface area contributed by atoms with Crippen LogP contribution < -0.4 is 10.1 Å². The van der Waals surface area contributed by atoms with E-state index in [1.54, 1.807) is 0 Å². The van der Waals surface area contributed by atoms with Crippen molar-refractivity contribution in [2.45, 2.75) is 13.0 Å². The topological polar surface area (TPSA) is 41.5 Å². The highest BCUT2D eigenvalue weighted by atomic mass is 16.5. The molecule has 3 heteroatoms. The lowest BCUT2D eigenvalue weighted by atomic mass is 10.1. The Kier molecular flexibility index (Phi) is 4.56. The summed E-state index contributed by atoms with van der Waals surface area (Å²) >= 11 is 0. The van der Waals surface area contributed by atoms with Gasteiger partial charge in [0.2, 0.25) is 0 Å². The molecule has 0 spiro atoms. The third-order valence-electron chi connectivity index (χ3n) is 2.88. The molecule has 0 aromatic heterocycles. The fraction of sp³-hybridized carbons (Fsp3) is 0.333. The van der Waals surface area contributed by atoms with Gasteiger partial charge in [-0.25, -0.2) is 0 Å². The zero-order chi connectivity index (χ0) is 12.8. The number of fused-ring (bicyclic) bond motifs is 1. The van der Waals surface area contributed by atoms with Gasteiger partial charge < -0.3 is 15.2 Å². The van der Waals surface area contributed by atoms with Gasteiger partial charge in [-0.3, -0.25) is 0 Å². The van der Waals surface area contributed by atoms with Crippen LogP contribution in [0.3, 0.4) is 0 Å². The monoisotopic (exact) mass is 245 g/mol. The van der Waals surface area contributed by atoms with Crippen molar-refractivity contribution in [3.63, 3.8) is 0 Å². The molecule has 0 aliphatic rings. The first-order chi connectivity index (χ1) is 8.81. The van der Waals surface area contributed by atoms with Crippen LogP contribution in [0.25, 0.3) is 10.8 Å². The van der Waals surface area contributed by atoms with E-state index in [1.165, 1.54) is 5.39 Å². The van der Waals surface area contributed by atoms with Gasteiger partial charge in [0.25, 0.3) is 0 Å². The average molecular weight is 245 g/mol. The van der Waals surface area contributed by atoms with E-state index in [0.717, 1.165) is 17.7 Å². The molecule has 0 unspecified atom stereocenters. The zero-order valence-electron chi connectivity index (χ0n) is 10.6. The van der Waals surface area contributed by atoms with Gasteiger partial charge in [-0.1, -0.05) is 36.4 Å². The van der Waals surface area contributed by atoms with Crippen molar-refractivity contribution in [2.75, 3.05) is 19.8 Å². The molecule has 0 fully saturated rings. The summed E-state index contributed by atoms with van der Waals surface area (Å²) < 4.78 is 5.77. The van der Waals surface area contributed by atoms with E-state index < -0.39 is 0 Å². The summed E-state index contributed by atoms with van der Waals surface area (Å²) in [7, 11) is 0. The Labute approximate surface area is 107 Å². The first kappa shape index (κ1) is 12.9. The summed E-state index contributed by atoms with van der Waals surface area (Å²) in [5, 5.41) is 14.4. The number of benzene rings is 2. The minimum Gasteiger partial charge on any atom is -0.492 e. The molecule has 96 valence electrons. The molecule has 0 radical (unpaired) electrons. The van der Waals surface area contributed by atoms with Gasteiger partial charge in [-0.05, 0) is 18.4 Å². The third kappa shape index (κ3) is 3.22. The molecule has 2 rings (SSSR count). The minimum absolute atomic E-state index is 0.112. The maximum Gasteiger partial charge on any atom is 0.127 e. The summed E-state index contributed by atoms with van der Waals surface area (Å²) in [5.41, 5.74) is 0. The van der Waals surface area contributed by atoms with E-state index in [-0.39, 0.29) is 12.6 Å². The number of ether oxygens (including phenoxy) is 1. The molecular weight excluding hydrogens is 226 g/mol. The number of aliphatic hydroxyl groups excluding tert-OH is 1. The predicted molar refractivity (Wildman–Crippen MR) is 74.0 cm³/mol. The van der Waals surface area contributed by atoms with Crippen LogP contribution in [0, 0.1) is 0 Å². The highest BCUT2D eigenvalue weighted by Crippen LogP contribution is 2.24. The quantitative estimate of drug-likeness (QED) is 0.767. The molecule has 1 atom stereocenters. The Balaban J connectivity index is 1.95. The predicted octanol–water partition coefficient (Wildman–Crippen LogP) is 2.19. The number of rotatable bonds is 6. The van der Waals surface area contributed by atoms with Crippen LogP contribution in [0.15, 0.2) is 42.5 Å². The minimum atomic E-state index is 0.112. The first-order valence-corrected chi connectivity index (χ1v) is 6.26. The van der Waals surface area contributed by atoms with E-state index in [4.69, 9.17) is 9.84 Å². The summed E-state index contributed by atoms with van der Waals surface area (Å²) in [6.45, 7) is 3.41. The van der Waals surface area contributed by atoms with Gasteiger partial charge >= 0.3 is 0 Å². The number of hydrogen-bond donors (Lipinski definition) is 2. The first-order valence-electron chi connectivity index (χ1n) is 6.26. The fourth-order valence-corrected chi connectivity index (χ4v) is 1.85. The van der Waals surface area contributed by atoms with Crippen LogP contribution in [0.5, 0.6) is 5.75 Å². The van der Waals surface area contributed by atoms with Crippen LogP contribution >= 0.6 is 0 Å². The maximum absolute atomic E-state index is 8.89. The van der Waals surface area contributed by atoms with Crippen LogP contribution in [-0.4, -0.2) is 30.9 Å². The highest BCUT2D eigenvalue weighted by Gasteiger charge is 2.01. The Morgan fingerprint density at radius 3 is 2.78 bits per heavy atom. The van der Waals surface area contributed by atoms with Crippen molar-refractivity contribution in [1.29, 1.82) is 0 Å². The van der Waals surface area contributed by atoms with Crippen LogP contribution in [0.1, 0.15) is 6.92 Å². The second-order valence-corrected chi connectivity index (χ2v) is 4.36. The smallest absolute Gasteiger partial charge is 0.127 e. The van der Waals surface area contributed by atoms with Crippen LogP contribution in [0.2, 0.25) is 0 Å². The highest BCUT2D eigenvalue weighted by molar-refractivity contribution is 5.88. The van der Waals surface area contributed by atoms with Gasteiger partial charge in [-0.15, -0.1) is 0 Å². The number of hydrogen-bond acceptors (Lipinski definition) is 3. The standard InChI is InChI=1S/C15H19NO2/c1-12(11-17)16-9-10-18-15-8-4-6-13-5-2-3-7-14(13)15/h2-8,12,16-17H,9-11H2,1H3/t12-/m1/s1. The fourth-order valence-electron chi connectivity index (χ4n) is 1.85. The Hall–Kier alpha value is -1.58. The molecule has 3 nitrogen and oxygen atoms in total. The van der Waals surface area contributed by atoms with Gasteiger partial charge in [0.15, 0.2) is 0 Å². The molecule has 0 saturated heterocycles. The van der Waals surface area contributed by atoms with Crippen molar-refractivity contribution >= 4 is 10.8 Å². The molecule has 2 aromatic rings. The Bertz CT molecular complexity index is 493. The molecule has 18 heavy (non-hydrogen) atoms. The number of aliphatic hydroxyl groups is 1. The van der Waals surface area contributed by atoms with Crippen LogP contribution in [-0.2, 0) is 0 Å². The average Bonchev–Trinajstić information content (AvgIpc) is 2.43. The zero-order valence-corrected chi connectivity index (χ0v) is 10.6. The molecule has 0 saturated carbocycles. The molecule has 2 aromatic carbocycles. The SMILES string of the molecule is C[C@H](CO)NCCOc1cccc2ccccc12. The second-order valence-electron chi connectivity index (χ2n) is 4.36. The molecule has 0 heterocycles. The Morgan fingerprint density at radius 1 is 1.17 bits per heavy atom. The Morgan fingerprint density at radius 2 is 1.94 bits per heavy atom. The molecule has 0 aliphatic carbocycles. The van der Waals surface area contributed by atoms with E-state index >= 15 is 0 Å². The van der Waals surface area contributed by atoms with Gasteiger partial charge in [0.05, 0.1) is 6.61 Å². The van der Waals surface area contributed by atoms with E-state index in [0.29, 0.717) is 6.61 Å². The molecule has 0 amide bonds. The molecule has 0 aliphatic heterocycles. The summed E-state index contributed by atoms with van der Waals surface area (Å²) in [4.78, 5) is 0.